The van der Waals surface area contributed by atoms with E-state index in [0.29, 0.717) is 0 Å². The zero-order valence-corrected chi connectivity index (χ0v) is 20.5. The highest BCUT2D eigenvalue weighted by molar-refractivity contribution is 5.96. The monoisotopic (exact) mass is 454 g/mol. The maximum Gasteiger partial charge on any atom is 0.250 e. The minimum absolute atomic E-state index is 0.125. The predicted octanol–water partition coefficient (Wildman–Crippen LogP) is 6.02. The van der Waals surface area contributed by atoms with E-state index in [1.165, 1.54) is 32.1 Å². The highest BCUT2D eigenvalue weighted by atomic mass is 16.5. The first-order chi connectivity index (χ1) is 16.2. The number of nitrogens with zero attached hydrogens (tertiary/aromatic N) is 2. The topological polar surface area (TPSA) is 49.9 Å². The van der Waals surface area contributed by atoms with Crippen LogP contribution < -0.4 is 4.74 Å². The first-order valence-corrected chi connectivity index (χ1v) is 13.5. The van der Waals surface area contributed by atoms with Crippen LogP contribution in [0.2, 0.25) is 0 Å². The van der Waals surface area contributed by atoms with Crippen molar-refractivity contribution in [1.82, 2.24) is 9.80 Å². The molecule has 0 spiro atoms. The van der Waals surface area contributed by atoms with Crippen LogP contribution in [0.1, 0.15) is 108 Å². The van der Waals surface area contributed by atoms with E-state index in [1.54, 1.807) is 0 Å². The molecule has 1 aromatic carbocycles. The molecule has 0 radical (unpaired) electrons. The number of rotatable bonds is 9. The molecule has 5 nitrogen and oxygen atoms in total. The molecular formula is C28H42N2O3. The van der Waals surface area contributed by atoms with E-state index in [4.69, 9.17) is 4.74 Å². The number of carbonyl (C=O) groups is 2. The van der Waals surface area contributed by atoms with Gasteiger partial charge >= 0.3 is 0 Å². The van der Waals surface area contributed by atoms with Crippen LogP contribution in [0.15, 0.2) is 24.3 Å². The van der Waals surface area contributed by atoms with Gasteiger partial charge in [0.2, 0.25) is 5.91 Å². The molecule has 1 atom stereocenters. The quantitative estimate of drug-likeness (QED) is 0.429. The Bertz CT molecular complexity index is 766. The Labute approximate surface area is 199 Å². The van der Waals surface area contributed by atoms with Crippen LogP contribution in [-0.2, 0) is 9.59 Å². The van der Waals surface area contributed by atoms with E-state index < -0.39 is 6.04 Å². The van der Waals surface area contributed by atoms with Crippen molar-refractivity contribution in [2.45, 2.75) is 115 Å². The van der Waals surface area contributed by atoms with E-state index in [2.05, 4.69) is 6.92 Å². The third kappa shape index (κ3) is 5.91. The summed E-state index contributed by atoms with van der Waals surface area (Å²) in [5.74, 6) is 1.10. The van der Waals surface area contributed by atoms with Crippen molar-refractivity contribution in [3.05, 3.63) is 29.8 Å². The van der Waals surface area contributed by atoms with E-state index >= 15 is 0 Å². The number of unbranched alkanes of at least 4 members (excludes halogenated alkanes) is 3. The highest BCUT2D eigenvalue weighted by Gasteiger charge is 2.45. The smallest absolute Gasteiger partial charge is 0.250 e. The second kappa shape index (κ2) is 11.9. The molecule has 2 amide bonds. The van der Waals surface area contributed by atoms with Crippen molar-refractivity contribution in [2.75, 3.05) is 13.2 Å². The molecule has 1 aromatic rings. The maximum absolute atomic E-state index is 13.9. The van der Waals surface area contributed by atoms with Gasteiger partial charge in [-0.05, 0) is 49.8 Å². The molecule has 0 N–H and O–H groups in total. The Morgan fingerprint density at radius 3 is 2.09 bits per heavy atom. The van der Waals surface area contributed by atoms with Gasteiger partial charge in [-0.25, -0.2) is 0 Å². The number of hydrogen-bond acceptors (Lipinski definition) is 3. The fraction of sp³-hybridized carbons (Fsp3) is 0.714. The van der Waals surface area contributed by atoms with Gasteiger partial charge in [0.25, 0.3) is 5.91 Å². The van der Waals surface area contributed by atoms with Crippen LogP contribution >= 0.6 is 0 Å². The van der Waals surface area contributed by atoms with Crippen molar-refractivity contribution < 1.29 is 14.3 Å². The molecule has 0 aromatic heterocycles. The average molecular weight is 455 g/mol. The Morgan fingerprint density at radius 2 is 1.45 bits per heavy atom. The Hall–Kier alpha value is -2.04. The van der Waals surface area contributed by atoms with E-state index in [0.717, 1.165) is 75.7 Å². The molecule has 0 bridgehead atoms. The minimum atomic E-state index is -0.491. The third-order valence-corrected chi connectivity index (χ3v) is 7.83. The zero-order chi connectivity index (χ0) is 23.0. The molecule has 3 aliphatic rings. The van der Waals surface area contributed by atoms with Crippen LogP contribution in [0.25, 0.3) is 0 Å². The molecule has 2 saturated carbocycles. The summed E-state index contributed by atoms with van der Waals surface area (Å²) >= 11 is 0. The summed E-state index contributed by atoms with van der Waals surface area (Å²) in [5.41, 5.74) is 0.928. The summed E-state index contributed by atoms with van der Waals surface area (Å²) in [6, 6.07) is 7.89. The minimum Gasteiger partial charge on any atom is -0.494 e. The van der Waals surface area contributed by atoms with E-state index in [-0.39, 0.29) is 30.4 Å². The summed E-state index contributed by atoms with van der Waals surface area (Å²) in [5, 5.41) is 0. The number of carbonyl (C=O) groups excluding carboxylic acids is 2. The number of ether oxygens (including phenoxy) is 1. The molecule has 5 heteroatoms. The van der Waals surface area contributed by atoms with Crippen molar-refractivity contribution >= 4 is 11.8 Å². The van der Waals surface area contributed by atoms with Crippen LogP contribution in [0.4, 0.5) is 0 Å². The zero-order valence-electron chi connectivity index (χ0n) is 20.5. The van der Waals surface area contributed by atoms with Gasteiger partial charge in [-0.3, -0.25) is 9.59 Å². The van der Waals surface area contributed by atoms with E-state index in [1.807, 2.05) is 34.1 Å². The molecule has 1 heterocycles. The SMILES string of the molecule is CCCCCCOc1ccc([C@@H]2C(=O)N(C3CCCCC3)CC(=O)N2C2CCCCC2)cc1. The molecule has 0 unspecified atom stereocenters. The van der Waals surface area contributed by atoms with Gasteiger partial charge in [-0.1, -0.05) is 76.8 Å². The summed E-state index contributed by atoms with van der Waals surface area (Å²) in [6.07, 6.45) is 15.9. The van der Waals surface area contributed by atoms with Gasteiger partial charge < -0.3 is 14.5 Å². The van der Waals surface area contributed by atoms with Crippen molar-refractivity contribution in [3.63, 3.8) is 0 Å². The van der Waals surface area contributed by atoms with Gasteiger partial charge in [0.15, 0.2) is 0 Å². The van der Waals surface area contributed by atoms with Gasteiger partial charge in [0.1, 0.15) is 18.3 Å². The van der Waals surface area contributed by atoms with Crippen molar-refractivity contribution in [1.29, 1.82) is 0 Å². The Morgan fingerprint density at radius 1 is 0.818 bits per heavy atom. The lowest BCUT2D eigenvalue weighted by atomic mass is 9.88. The van der Waals surface area contributed by atoms with Crippen LogP contribution in [-0.4, -0.2) is 46.8 Å². The van der Waals surface area contributed by atoms with Crippen LogP contribution in [0.3, 0.4) is 0 Å². The largest absolute Gasteiger partial charge is 0.494 e. The first kappa shape index (κ1) is 24.1. The standard InChI is InChI=1S/C28H42N2O3/c1-2-3-4-11-20-33-25-18-16-22(17-19-25)27-28(32)29(23-12-7-5-8-13-23)21-26(31)30(27)24-14-9-6-10-15-24/h16-19,23-24,27H,2-15,20-21H2,1H3/t27-/m1/s1. The molecule has 4 rings (SSSR count). The average Bonchev–Trinajstić information content (AvgIpc) is 2.86. The second-order valence-electron chi connectivity index (χ2n) is 10.2. The Balaban J connectivity index is 1.52. The van der Waals surface area contributed by atoms with E-state index in [9.17, 15) is 9.59 Å². The normalized spacial score (nSPS) is 23.2. The molecule has 2 aliphatic carbocycles. The number of hydrogen-bond donors (Lipinski definition) is 0. The number of amides is 2. The molecule has 1 saturated heterocycles. The molecule has 1 aliphatic heterocycles. The van der Waals surface area contributed by atoms with Crippen molar-refractivity contribution in [3.8, 4) is 5.75 Å². The summed E-state index contributed by atoms with van der Waals surface area (Å²) < 4.78 is 5.93. The molecular weight excluding hydrogens is 412 g/mol. The van der Waals surface area contributed by atoms with Crippen molar-refractivity contribution in [2.24, 2.45) is 0 Å². The lowest BCUT2D eigenvalue weighted by Gasteiger charge is -2.48. The second-order valence-corrected chi connectivity index (χ2v) is 10.2. The van der Waals surface area contributed by atoms with Gasteiger partial charge in [-0.2, -0.15) is 0 Å². The lowest BCUT2D eigenvalue weighted by Crippen LogP contribution is -2.61. The fourth-order valence-electron chi connectivity index (χ4n) is 5.97. The summed E-state index contributed by atoms with van der Waals surface area (Å²) in [6.45, 7) is 3.20. The summed E-state index contributed by atoms with van der Waals surface area (Å²) in [7, 11) is 0. The number of benzene rings is 1. The van der Waals surface area contributed by atoms with Crippen LogP contribution in [0, 0.1) is 0 Å². The Kier molecular flexibility index (Phi) is 8.69. The summed E-state index contributed by atoms with van der Waals surface area (Å²) in [4.78, 5) is 31.2. The first-order valence-electron chi connectivity index (χ1n) is 13.5. The lowest BCUT2D eigenvalue weighted by molar-refractivity contribution is -0.162. The molecule has 33 heavy (non-hydrogen) atoms. The molecule has 3 fully saturated rings. The molecule has 182 valence electrons. The van der Waals surface area contributed by atoms with Gasteiger partial charge in [-0.15, -0.1) is 0 Å². The highest BCUT2D eigenvalue weighted by Crippen LogP contribution is 2.37. The van der Waals surface area contributed by atoms with Crippen LogP contribution in [0.5, 0.6) is 5.75 Å². The fourth-order valence-corrected chi connectivity index (χ4v) is 5.97. The van der Waals surface area contributed by atoms with Gasteiger partial charge in [0.05, 0.1) is 6.61 Å². The van der Waals surface area contributed by atoms with Gasteiger partial charge in [0, 0.05) is 12.1 Å². The number of piperazine rings is 1. The maximum atomic E-state index is 13.9. The third-order valence-electron chi connectivity index (χ3n) is 7.83. The predicted molar refractivity (Wildman–Crippen MR) is 131 cm³/mol.